The van der Waals surface area contributed by atoms with Crippen LogP contribution >= 0.6 is 0 Å². The van der Waals surface area contributed by atoms with E-state index in [9.17, 15) is 0 Å². The number of morpholine rings is 1. The molecule has 0 aromatic carbocycles. The molecular formula is C15H25N3O. The van der Waals surface area contributed by atoms with Gasteiger partial charge in [0.2, 0.25) is 0 Å². The van der Waals surface area contributed by atoms with Gasteiger partial charge in [-0.2, -0.15) is 0 Å². The molecule has 1 saturated heterocycles. The summed E-state index contributed by atoms with van der Waals surface area (Å²) in [6.45, 7) is 6.12. The Morgan fingerprint density at radius 3 is 2.95 bits per heavy atom. The fourth-order valence-electron chi connectivity index (χ4n) is 2.49. The monoisotopic (exact) mass is 263 g/mol. The van der Waals surface area contributed by atoms with Gasteiger partial charge in [0.05, 0.1) is 12.7 Å². The van der Waals surface area contributed by atoms with Gasteiger partial charge in [0.1, 0.15) is 0 Å². The number of nitrogens with one attached hydrogen (secondary N) is 1. The van der Waals surface area contributed by atoms with Gasteiger partial charge in [-0.3, -0.25) is 4.98 Å². The molecule has 0 radical (unpaired) electrons. The molecule has 4 heteroatoms. The first-order valence-corrected chi connectivity index (χ1v) is 7.22. The normalized spacial score (nSPS) is 22.3. The topological polar surface area (TPSA) is 37.4 Å². The number of aromatic nitrogens is 1. The molecule has 106 valence electrons. The van der Waals surface area contributed by atoms with Crippen LogP contribution in [0.3, 0.4) is 0 Å². The minimum Gasteiger partial charge on any atom is -0.374 e. The lowest BCUT2D eigenvalue weighted by atomic mass is 10.0. The zero-order chi connectivity index (χ0) is 13.5. The first-order chi connectivity index (χ1) is 9.29. The highest BCUT2D eigenvalue weighted by atomic mass is 16.5. The van der Waals surface area contributed by atoms with Gasteiger partial charge in [0.25, 0.3) is 0 Å². The van der Waals surface area contributed by atoms with Crippen molar-refractivity contribution in [3.63, 3.8) is 0 Å². The van der Waals surface area contributed by atoms with Gasteiger partial charge in [-0.25, -0.2) is 0 Å². The molecule has 1 N–H and O–H groups in total. The molecule has 0 spiro atoms. The second kappa shape index (κ2) is 7.58. The maximum absolute atomic E-state index is 5.96. The Kier molecular flexibility index (Phi) is 5.76. The van der Waals surface area contributed by atoms with Gasteiger partial charge in [-0.1, -0.05) is 6.92 Å². The van der Waals surface area contributed by atoms with Gasteiger partial charge in [-0.15, -0.1) is 0 Å². The van der Waals surface area contributed by atoms with Crippen molar-refractivity contribution in [3.05, 3.63) is 30.1 Å². The Balaban J connectivity index is 1.98. The lowest BCUT2D eigenvalue weighted by molar-refractivity contribution is -0.0383. The number of hydrogen-bond acceptors (Lipinski definition) is 4. The van der Waals surface area contributed by atoms with Crippen LogP contribution in [0.15, 0.2) is 24.5 Å². The van der Waals surface area contributed by atoms with Crippen molar-refractivity contribution in [3.8, 4) is 0 Å². The third-order valence-electron chi connectivity index (χ3n) is 3.61. The number of ether oxygens (including phenoxy) is 1. The van der Waals surface area contributed by atoms with Crippen molar-refractivity contribution in [2.24, 2.45) is 0 Å². The van der Waals surface area contributed by atoms with Crippen molar-refractivity contribution < 1.29 is 4.74 Å². The van der Waals surface area contributed by atoms with Crippen LogP contribution in [0.25, 0.3) is 0 Å². The van der Waals surface area contributed by atoms with E-state index in [1.54, 1.807) is 0 Å². The molecule has 2 rings (SSSR count). The fraction of sp³-hybridized carbons (Fsp3) is 0.667. The van der Waals surface area contributed by atoms with Crippen molar-refractivity contribution in [1.29, 1.82) is 0 Å². The van der Waals surface area contributed by atoms with E-state index in [2.05, 4.69) is 41.3 Å². The Bertz CT molecular complexity index is 358. The molecule has 2 atom stereocenters. The lowest BCUT2D eigenvalue weighted by Crippen LogP contribution is -2.52. The predicted molar refractivity (Wildman–Crippen MR) is 77.3 cm³/mol. The van der Waals surface area contributed by atoms with E-state index in [4.69, 9.17) is 4.74 Å². The van der Waals surface area contributed by atoms with Gasteiger partial charge in [0.15, 0.2) is 0 Å². The van der Waals surface area contributed by atoms with Crippen molar-refractivity contribution >= 4 is 0 Å². The zero-order valence-corrected chi connectivity index (χ0v) is 12.0. The molecule has 1 fully saturated rings. The summed E-state index contributed by atoms with van der Waals surface area (Å²) in [5, 5.41) is 3.64. The number of nitrogens with zero attached hydrogens (tertiary/aromatic N) is 2. The molecule has 4 nitrogen and oxygen atoms in total. The van der Waals surface area contributed by atoms with Crippen LogP contribution < -0.4 is 5.32 Å². The third-order valence-corrected chi connectivity index (χ3v) is 3.61. The lowest BCUT2D eigenvalue weighted by Gasteiger charge is -2.35. The second-order valence-electron chi connectivity index (χ2n) is 5.29. The van der Waals surface area contributed by atoms with Gasteiger partial charge in [-0.05, 0) is 44.1 Å². The molecular weight excluding hydrogens is 238 g/mol. The molecule has 0 bridgehead atoms. The van der Waals surface area contributed by atoms with E-state index in [-0.39, 0.29) is 6.10 Å². The maximum atomic E-state index is 5.96. The smallest absolute Gasteiger partial charge is 0.0858 e. The summed E-state index contributed by atoms with van der Waals surface area (Å²) < 4.78 is 5.96. The van der Waals surface area contributed by atoms with Crippen LogP contribution in [-0.4, -0.2) is 55.3 Å². The van der Waals surface area contributed by atoms with Crippen molar-refractivity contribution in [2.45, 2.75) is 31.9 Å². The summed E-state index contributed by atoms with van der Waals surface area (Å²) >= 11 is 0. The molecule has 1 aromatic rings. The highest BCUT2D eigenvalue weighted by Crippen LogP contribution is 2.12. The van der Waals surface area contributed by atoms with Crippen LogP contribution in [0.2, 0.25) is 0 Å². The van der Waals surface area contributed by atoms with Gasteiger partial charge < -0.3 is 15.0 Å². The molecule has 0 amide bonds. The maximum Gasteiger partial charge on any atom is 0.0858 e. The second-order valence-corrected chi connectivity index (χ2v) is 5.29. The number of likely N-dealkylation sites (N-methyl/N-ethyl adjacent to an activating group) is 1. The summed E-state index contributed by atoms with van der Waals surface area (Å²) in [4.78, 5) is 6.43. The van der Waals surface area contributed by atoms with E-state index >= 15 is 0 Å². The molecule has 19 heavy (non-hydrogen) atoms. The minimum atomic E-state index is 0.276. The average Bonchev–Trinajstić information content (AvgIpc) is 2.44. The van der Waals surface area contributed by atoms with Crippen LogP contribution in [0, 0.1) is 0 Å². The van der Waals surface area contributed by atoms with Crippen molar-refractivity contribution in [1.82, 2.24) is 15.2 Å². The molecule has 0 aliphatic carbocycles. The summed E-state index contributed by atoms with van der Waals surface area (Å²) in [7, 11) is 2.17. The van der Waals surface area contributed by atoms with Crippen LogP contribution in [0.1, 0.15) is 18.9 Å². The molecule has 1 aromatic heterocycles. The fourth-order valence-corrected chi connectivity index (χ4v) is 2.49. The van der Waals surface area contributed by atoms with E-state index < -0.39 is 0 Å². The summed E-state index contributed by atoms with van der Waals surface area (Å²) in [6.07, 6.45) is 6.15. The highest BCUT2D eigenvalue weighted by Gasteiger charge is 2.26. The van der Waals surface area contributed by atoms with Crippen LogP contribution in [-0.2, 0) is 11.2 Å². The van der Waals surface area contributed by atoms with E-state index in [0.717, 1.165) is 39.1 Å². The number of hydrogen-bond donors (Lipinski definition) is 1. The van der Waals surface area contributed by atoms with E-state index in [1.807, 2.05) is 12.4 Å². The SMILES string of the molecule is CCCNC(Cc1ccncc1)C1CN(C)CCO1. The summed E-state index contributed by atoms with van der Waals surface area (Å²) in [5.41, 5.74) is 1.32. The Labute approximate surface area is 116 Å². The van der Waals surface area contributed by atoms with Crippen LogP contribution in [0.4, 0.5) is 0 Å². The number of pyridine rings is 1. The number of rotatable bonds is 6. The first kappa shape index (κ1) is 14.4. The average molecular weight is 263 g/mol. The zero-order valence-electron chi connectivity index (χ0n) is 12.0. The quantitative estimate of drug-likeness (QED) is 0.840. The molecule has 2 unspecified atom stereocenters. The Morgan fingerprint density at radius 1 is 1.47 bits per heavy atom. The summed E-state index contributed by atoms with van der Waals surface area (Å²) in [5.74, 6) is 0. The Morgan fingerprint density at radius 2 is 2.26 bits per heavy atom. The van der Waals surface area contributed by atoms with Gasteiger partial charge >= 0.3 is 0 Å². The predicted octanol–water partition coefficient (Wildman–Crippen LogP) is 1.32. The van der Waals surface area contributed by atoms with E-state index in [1.165, 1.54) is 5.56 Å². The minimum absolute atomic E-state index is 0.276. The first-order valence-electron chi connectivity index (χ1n) is 7.22. The molecule has 1 aliphatic heterocycles. The summed E-state index contributed by atoms with van der Waals surface area (Å²) in [6, 6.07) is 4.56. The molecule has 0 saturated carbocycles. The van der Waals surface area contributed by atoms with Gasteiger partial charge in [0, 0.05) is 31.5 Å². The molecule has 2 heterocycles. The largest absolute Gasteiger partial charge is 0.374 e. The Hall–Kier alpha value is -0.970. The third kappa shape index (κ3) is 4.56. The van der Waals surface area contributed by atoms with Crippen LogP contribution in [0.5, 0.6) is 0 Å². The standard InChI is InChI=1S/C15H25N3O/c1-3-6-17-14(11-13-4-7-16-8-5-13)15-12-18(2)9-10-19-15/h4-5,7-8,14-15,17H,3,6,9-12H2,1-2H3. The van der Waals surface area contributed by atoms with Crippen molar-refractivity contribution in [2.75, 3.05) is 33.3 Å². The van der Waals surface area contributed by atoms with E-state index in [0.29, 0.717) is 6.04 Å². The molecule has 1 aliphatic rings. The highest BCUT2D eigenvalue weighted by molar-refractivity contribution is 5.12.